The Bertz CT molecular complexity index is 531. The summed E-state index contributed by atoms with van der Waals surface area (Å²) in [6.45, 7) is 0.540. The Hall–Kier alpha value is -1.94. The first-order valence-corrected chi connectivity index (χ1v) is 5.93. The van der Waals surface area contributed by atoms with E-state index in [9.17, 15) is 4.79 Å². The Morgan fingerprint density at radius 1 is 1.28 bits per heavy atom. The second-order valence-electron chi connectivity index (χ2n) is 3.71. The molecule has 0 unspecified atom stereocenters. The zero-order valence-electron chi connectivity index (χ0n) is 9.64. The monoisotopic (exact) mass is 261 g/mol. The number of nitrogens with one attached hydrogen (secondary N) is 1. The van der Waals surface area contributed by atoms with E-state index in [0.29, 0.717) is 17.4 Å². The molecule has 0 bridgehead atoms. The van der Waals surface area contributed by atoms with Gasteiger partial charge in [0, 0.05) is 18.9 Å². The fourth-order valence-electron chi connectivity index (χ4n) is 1.49. The average molecular weight is 262 g/mol. The van der Waals surface area contributed by atoms with E-state index in [4.69, 9.17) is 11.6 Å². The van der Waals surface area contributed by atoms with Crippen molar-refractivity contribution in [2.75, 3.05) is 6.54 Å². The number of rotatable bonds is 4. The van der Waals surface area contributed by atoms with E-state index >= 15 is 0 Å². The quantitative estimate of drug-likeness (QED) is 0.858. The summed E-state index contributed by atoms with van der Waals surface area (Å²) in [4.78, 5) is 19.7. The summed E-state index contributed by atoms with van der Waals surface area (Å²) in [5, 5.41) is 3.10. The highest BCUT2D eigenvalue weighted by Gasteiger charge is 2.06. The molecule has 1 N–H and O–H groups in total. The van der Waals surface area contributed by atoms with Crippen LogP contribution in [0.1, 0.15) is 16.1 Å². The molecule has 0 saturated heterocycles. The Kier molecular flexibility index (Phi) is 4.25. The number of hydrogen-bond acceptors (Lipinski definition) is 3. The van der Waals surface area contributed by atoms with Crippen LogP contribution in [-0.2, 0) is 6.42 Å². The van der Waals surface area contributed by atoms with E-state index in [2.05, 4.69) is 15.3 Å². The minimum absolute atomic E-state index is 0.221. The van der Waals surface area contributed by atoms with Gasteiger partial charge in [-0.25, -0.2) is 4.98 Å². The molecule has 0 spiro atoms. The molecular formula is C13H12ClN3O. The zero-order chi connectivity index (χ0) is 12.8. The molecule has 1 amide bonds. The normalized spacial score (nSPS) is 10.1. The second-order valence-corrected chi connectivity index (χ2v) is 4.10. The molecule has 0 aromatic carbocycles. The zero-order valence-corrected chi connectivity index (χ0v) is 10.4. The van der Waals surface area contributed by atoms with Gasteiger partial charge in [0.1, 0.15) is 10.8 Å². The van der Waals surface area contributed by atoms with Crippen molar-refractivity contribution in [3.8, 4) is 0 Å². The van der Waals surface area contributed by atoms with Crippen molar-refractivity contribution < 1.29 is 4.79 Å². The maximum atomic E-state index is 11.7. The summed E-state index contributed by atoms with van der Waals surface area (Å²) in [6, 6.07) is 8.80. The largest absolute Gasteiger partial charge is 0.350 e. The van der Waals surface area contributed by atoms with Crippen molar-refractivity contribution in [2.24, 2.45) is 0 Å². The molecule has 0 fully saturated rings. The standard InChI is InChI=1S/C13H12ClN3O/c14-12-5-1-4-11(17-12)13(18)16-8-6-10-3-2-7-15-9-10/h1-5,7,9H,6,8H2,(H,16,18). The molecule has 2 aromatic heterocycles. The van der Waals surface area contributed by atoms with E-state index in [1.54, 1.807) is 30.6 Å². The summed E-state index contributed by atoms with van der Waals surface area (Å²) in [5.41, 5.74) is 1.41. The maximum absolute atomic E-state index is 11.7. The fourth-order valence-corrected chi connectivity index (χ4v) is 1.66. The average Bonchev–Trinajstić information content (AvgIpc) is 2.40. The molecule has 0 aliphatic rings. The van der Waals surface area contributed by atoms with Gasteiger partial charge < -0.3 is 5.32 Å². The molecule has 2 rings (SSSR count). The molecule has 0 radical (unpaired) electrons. The molecule has 0 saturated carbocycles. The third kappa shape index (κ3) is 3.53. The van der Waals surface area contributed by atoms with Crippen LogP contribution >= 0.6 is 11.6 Å². The highest BCUT2D eigenvalue weighted by molar-refractivity contribution is 6.29. The van der Waals surface area contributed by atoms with Crippen molar-refractivity contribution in [3.05, 3.63) is 59.1 Å². The molecule has 2 heterocycles. The summed E-state index contributed by atoms with van der Waals surface area (Å²) in [6.07, 6.45) is 4.24. The van der Waals surface area contributed by atoms with Crippen molar-refractivity contribution >= 4 is 17.5 Å². The molecule has 18 heavy (non-hydrogen) atoms. The number of halogens is 1. The lowest BCUT2D eigenvalue weighted by atomic mass is 10.2. The maximum Gasteiger partial charge on any atom is 0.269 e. The van der Waals surface area contributed by atoms with Crippen LogP contribution in [0, 0.1) is 0 Å². The minimum Gasteiger partial charge on any atom is -0.350 e. The summed E-state index contributed by atoms with van der Waals surface area (Å²) in [5.74, 6) is -0.221. The van der Waals surface area contributed by atoms with Gasteiger partial charge in [-0.2, -0.15) is 0 Å². The number of nitrogens with zero attached hydrogens (tertiary/aromatic N) is 2. The molecular weight excluding hydrogens is 250 g/mol. The van der Waals surface area contributed by atoms with Crippen LogP contribution < -0.4 is 5.32 Å². The topological polar surface area (TPSA) is 54.9 Å². The van der Waals surface area contributed by atoms with Crippen LogP contribution in [0.15, 0.2) is 42.7 Å². The highest BCUT2D eigenvalue weighted by Crippen LogP contribution is 2.04. The predicted octanol–water partition coefficient (Wildman–Crippen LogP) is 2.10. The number of carbonyl (C=O) groups excluding carboxylic acids is 1. The number of pyridine rings is 2. The molecule has 2 aromatic rings. The number of carbonyl (C=O) groups is 1. The van der Waals surface area contributed by atoms with Crippen LogP contribution in [0.5, 0.6) is 0 Å². The van der Waals surface area contributed by atoms with Gasteiger partial charge in [-0.3, -0.25) is 9.78 Å². The SMILES string of the molecule is O=C(NCCc1cccnc1)c1cccc(Cl)n1. The van der Waals surface area contributed by atoms with Gasteiger partial charge >= 0.3 is 0 Å². The van der Waals surface area contributed by atoms with Gasteiger partial charge in [-0.1, -0.05) is 23.7 Å². The first-order chi connectivity index (χ1) is 8.75. The first kappa shape index (κ1) is 12.5. The molecule has 92 valence electrons. The number of hydrogen-bond donors (Lipinski definition) is 1. The third-order valence-corrected chi connectivity index (χ3v) is 2.58. The van der Waals surface area contributed by atoms with Crippen LogP contribution in [0.25, 0.3) is 0 Å². The first-order valence-electron chi connectivity index (χ1n) is 5.55. The smallest absolute Gasteiger partial charge is 0.269 e. The predicted molar refractivity (Wildman–Crippen MR) is 69.5 cm³/mol. The van der Waals surface area contributed by atoms with E-state index in [1.807, 2.05) is 12.1 Å². The highest BCUT2D eigenvalue weighted by atomic mass is 35.5. The molecule has 0 aliphatic heterocycles. The van der Waals surface area contributed by atoms with Crippen LogP contribution in [0.3, 0.4) is 0 Å². The van der Waals surface area contributed by atoms with Gasteiger partial charge in [0.25, 0.3) is 5.91 Å². The van der Waals surface area contributed by atoms with Crippen molar-refractivity contribution in [3.63, 3.8) is 0 Å². The summed E-state index contributed by atoms with van der Waals surface area (Å²) in [7, 11) is 0. The van der Waals surface area contributed by atoms with Gasteiger partial charge in [0.2, 0.25) is 0 Å². The Balaban J connectivity index is 1.86. The molecule has 0 atom stereocenters. The van der Waals surface area contributed by atoms with Gasteiger partial charge in [-0.15, -0.1) is 0 Å². The summed E-state index contributed by atoms with van der Waals surface area (Å²) < 4.78 is 0. The number of amides is 1. The lowest BCUT2D eigenvalue weighted by Gasteiger charge is -2.04. The van der Waals surface area contributed by atoms with Gasteiger partial charge in [0.05, 0.1) is 0 Å². The van der Waals surface area contributed by atoms with Gasteiger partial charge in [0.15, 0.2) is 0 Å². The molecule has 0 aliphatic carbocycles. The third-order valence-electron chi connectivity index (χ3n) is 2.37. The fraction of sp³-hybridized carbons (Fsp3) is 0.154. The van der Waals surface area contributed by atoms with E-state index in [-0.39, 0.29) is 5.91 Å². The van der Waals surface area contributed by atoms with E-state index in [0.717, 1.165) is 12.0 Å². The van der Waals surface area contributed by atoms with Crippen molar-refractivity contribution in [1.82, 2.24) is 15.3 Å². The lowest BCUT2D eigenvalue weighted by molar-refractivity contribution is 0.0949. The Morgan fingerprint density at radius 3 is 2.89 bits per heavy atom. The Labute approximate surface area is 110 Å². The van der Waals surface area contributed by atoms with Crippen LogP contribution in [0.2, 0.25) is 5.15 Å². The van der Waals surface area contributed by atoms with E-state index < -0.39 is 0 Å². The minimum atomic E-state index is -0.221. The molecule has 5 heteroatoms. The van der Waals surface area contributed by atoms with Gasteiger partial charge in [-0.05, 0) is 30.2 Å². The number of aromatic nitrogens is 2. The van der Waals surface area contributed by atoms with Crippen molar-refractivity contribution in [2.45, 2.75) is 6.42 Å². The summed E-state index contributed by atoms with van der Waals surface area (Å²) >= 11 is 5.72. The molecule has 4 nitrogen and oxygen atoms in total. The second kappa shape index (κ2) is 6.12. The van der Waals surface area contributed by atoms with Crippen LogP contribution in [-0.4, -0.2) is 22.4 Å². The Morgan fingerprint density at radius 2 is 2.17 bits per heavy atom. The van der Waals surface area contributed by atoms with Crippen LogP contribution in [0.4, 0.5) is 0 Å². The lowest BCUT2D eigenvalue weighted by Crippen LogP contribution is -2.26. The van der Waals surface area contributed by atoms with E-state index in [1.165, 1.54) is 0 Å². The van der Waals surface area contributed by atoms with Crippen molar-refractivity contribution in [1.29, 1.82) is 0 Å².